The van der Waals surface area contributed by atoms with Gasteiger partial charge in [-0.2, -0.15) is 5.10 Å². The first-order chi connectivity index (χ1) is 7.74. The Morgan fingerprint density at radius 3 is 2.94 bits per heavy atom. The molecule has 2 aromatic heterocycles. The summed E-state index contributed by atoms with van der Waals surface area (Å²) < 4.78 is 28.0. The van der Waals surface area contributed by atoms with E-state index >= 15 is 0 Å². The maximum atomic E-state index is 13.5. The summed E-state index contributed by atoms with van der Waals surface area (Å²) in [6, 6.07) is 3.29. The minimum absolute atomic E-state index is 0.151. The van der Waals surface area contributed by atoms with Crippen LogP contribution in [0, 0.1) is 11.6 Å². The monoisotopic (exact) mass is 237 g/mol. The largest absolute Gasteiger partial charge is 0.217 e. The van der Waals surface area contributed by atoms with E-state index in [0.29, 0.717) is 10.7 Å². The van der Waals surface area contributed by atoms with Crippen molar-refractivity contribution < 1.29 is 8.78 Å². The highest BCUT2D eigenvalue weighted by Crippen LogP contribution is 2.24. The molecule has 80 valence electrons. The maximum absolute atomic E-state index is 13.5. The molecule has 0 aliphatic heterocycles. The molecule has 0 atom stereocenters. The van der Waals surface area contributed by atoms with Crippen LogP contribution in [0.25, 0.3) is 16.2 Å². The van der Waals surface area contributed by atoms with Crippen LogP contribution in [0.5, 0.6) is 0 Å². The smallest absolute Gasteiger partial charge is 0.212 e. The highest BCUT2D eigenvalue weighted by molar-refractivity contribution is 7.14. The molecule has 0 spiro atoms. The van der Waals surface area contributed by atoms with Gasteiger partial charge >= 0.3 is 0 Å². The van der Waals surface area contributed by atoms with Crippen LogP contribution in [0.15, 0.2) is 29.9 Å². The van der Waals surface area contributed by atoms with Crippen molar-refractivity contribution in [2.45, 2.75) is 0 Å². The summed E-state index contributed by atoms with van der Waals surface area (Å²) >= 11 is 1.34. The molecular formula is C10H5F2N3S. The Morgan fingerprint density at radius 1 is 1.25 bits per heavy atom. The number of imidazole rings is 1. The van der Waals surface area contributed by atoms with Gasteiger partial charge in [-0.05, 0) is 18.2 Å². The number of rotatable bonds is 1. The molecule has 0 aliphatic rings. The summed E-state index contributed by atoms with van der Waals surface area (Å²) in [4.78, 5) is 4.81. The van der Waals surface area contributed by atoms with Gasteiger partial charge in [0.2, 0.25) is 4.96 Å². The SMILES string of the molecule is Fc1ccc(F)c(-c2cn3ncsc3n2)c1. The lowest BCUT2D eigenvalue weighted by Crippen LogP contribution is -1.86. The van der Waals surface area contributed by atoms with Gasteiger partial charge in [-0.1, -0.05) is 11.3 Å². The average Bonchev–Trinajstić information content (AvgIpc) is 2.81. The maximum Gasteiger partial charge on any atom is 0.212 e. The fraction of sp³-hybridized carbons (Fsp3) is 0. The summed E-state index contributed by atoms with van der Waals surface area (Å²) in [6.45, 7) is 0. The number of aromatic nitrogens is 3. The molecule has 3 nitrogen and oxygen atoms in total. The summed E-state index contributed by atoms with van der Waals surface area (Å²) in [5, 5.41) is 3.97. The molecule has 0 bridgehead atoms. The lowest BCUT2D eigenvalue weighted by molar-refractivity contribution is 0.603. The van der Waals surface area contributed by atoms with Gasteiger partial charge in [0.25, 0.3) is 0 Å². The molecular weight excluding hydrogens is 232 g/mol. The molecule has 2 heterocycles. The lowest BCUT2D eigenvalue weighted by atomic mass is 10.1. The zero-order chi connectivity index (χ0) is 11.1. The molecule has 0 saturated carbocycles. The zero-order valence-electron chi connectivity index (χ0n) is 7.89. The molecule has 0 unspecified atom stereocenters. The van der Waals surface area contributed by atoms with Gasteiger partial charge in [-0.25, -0.2) is 18.3 Å². The van der Waals surface area contributed by atoms with E-state index in [1.807, 2.05) is 0 Å². The molecule has 3 rings (SSSR count). The number of halogens is 2. The molecule has 0 fully saturated rings. The van der Waals surface area contributed by atoms with E-state index in [-0.39, 0.29) is 5.56 Å². The molecule has 6 heteroatoms. The van der Waals surface area contributed by atoms with Crippen LogP contribution in [0.1, 0.15) is 0 Å². The first-order valence-electron chi connectivity index (χ1n) is 4.48. The lowest BCUT2D eigenvalue weighted by Gasteiger charge is -1.98. The normalized spacial score (nSPS) is 11.1. The van der Waals surface area contributed by atoms with E-state index in [0.717, 1.165) is 18.2 Å². The third-order valence-electron chi connectivity index (χ3n) is 2.19. The second kappa shape index (κ2) is 3.34. The van der Waals surface area contributed by atoms with Gasteiger partial charge in [0.05, 0.1) is 11.9 Å². The fourth-order valence-corrected chi connectivity index (χ4v) is 2.06. The Morgan fingerprint density at radius 2 is 2.12 bits per heavy atom. The van der Waals surface area contributed by atoms with Crippen LogP contribution in [0.3, 0.4) is 0 Å². The topological polar surface area (TPSA) is 30.2 Å². The van der Waals surface area contributed by atoms with E-state index in [1.54, 1.807) is 11.7 Å². The van der Waals surface area contributed by atoms with Crippen LogP contribution in [-0.2, 0) is 0 Å². The Kier molecular flexibility index (Phi) is 1.97. The molecule has 0 amide bonds. The number of hydrogen-bond acceptors (Lipinski definition) is 3. The van der Waals surface area contributed by atoms with Gasteiger partial charge in [-0.15, -0.1) is 0 Å². The van der Waals surface area contributed by atoms with Crippen molar-refractivity contribution >= 4 is 16.3 Å². The number of benzene rings is 1. The molecule has 1 aromatic carbocycles. The molecule has 0 aliphatic carbocycles. The minimum Gasteiger partial charge on any atom is -0.217 e. The van der Waals surface area contributed by atoms with E-state index in [2.05, 4.69) is 10.1 Å². The highest BCUT2D eigenvalue weighted by atomic mass is 32.1. The van der Waals surface area contributed by atoms with Crippen molar-refractivity contribution in [1.29, 1.82) is 0 Å². The molecule has 0 saturated heterocycles. The second-order valence-electron chi connectivity index (χ2n) is 3.22. The standard InChI is InChI=1S/C10H5F2N3S/c11-6-1-2-8(12)7(3-6)9-4-15-10(14-9)16-5-13-15/h1-5H. The Labute approximate surface area is 93.0 Å². The van der Waals surface area contributed by atoms with Crippen LogP contribution in [0.2, 0.25) is 0 Å². The minimum atomic E-state index is -0.493. The van der Waals surface area contributed by atoms with Crippen molar-refractivity contribution in [3.63, 3.8) is 0 Å². The van der Waals surface area contributed by atoms with E-state index in [1.165, 1.54) is 15.9 Å². The number of hydrogen-bond donors (Lipinski definition) is 0. The van der Waals surface area contributed by atoms with E-state index in [4.69, 9.17) is 0 Å². The molecule has 16 heavy (non-hydrogen) atoms. The molecule has 0 radical (unpaired) electrons. The van der Waals surface area contributed by atoms with Crippen LogP contribution in [-0.4, -0.2) is 14.6 Å². The third-order valence-corrected chi connectivity index (χ3v) is 2.88. The third kappa shape index (κ3) is 1.38. The number of nitrogens with zero attached hydrogens (tertiary/aromatic N) is 3. The quantitative estimate of drug-likeness (QED) is 0.651. The van der Waals surface area contributed by atoms with Crippen LogP contribution in [0.4, 0.5) is 8.78 Å². The first kappa shape index (κ1) is 9.41. The highest BCUT2D eigenvalue weighted by Gasteiger charge is 2.11. The molecule has 0 N–H and O–H groups in total. The summed E-state index contributed by atoms with van der Waals surface area (Å²) in [6.07, 6.45) is 1.57. The fourth-order valence-electron chi connectivity index (χ4n) is 1.46. The van der Waals surface area contributed by atoms with Crippen molar-refractivity contribution in [2.24, 2.45) is 0 Å². The second-order valence-corrected chi connectivity index (χ2v) is 4.03. The zero-order valence-corrected chi connectivity index (χ0v) is 8.71. The molecule has 3 aromatic rings. The number of fused-ring (bicyclic) bond motifs is 1. The average molecular weight is 237 g/mol. The van der Waals surface area contributed by atoms with E-state index < -0.39 is 11.6 Å². The van der Waals surface area contributed by atoms with Crippen molar-refractivity contribution in [3.05, 3.63) is 41.5 Å². The predicted molar refractivity (Wildman–Crippen MR) is 56.2 cm³/mol. The Hall–Kier alpha value is -1.82. The first-order valence-corrected chi connectivity index (χ1v) is 5.36. The Balaban J connectivity index is 2.22. The van der Waals surface area contributed by atoms with Gasteiger partial charge in [0.15, 0.2) is 0 Å². The van der Waals surface area contributed by atoms with Gasteiger partial charge in [0, 0.05) is 5.56 Å². The summed E-state index contributed by atoms with van der Waals surface area (Å²) in [7, 11) is 0. The van der Waals surface area contributed by atoms with Crippen LogP contribution < -0.4 is 0 Å². The van der Waals surface area contributed by atoms with Crippen molar-refractivity contribution in [2.75, 3.05) is 0 Å². The van der Waals surface area contributed by atoms with Gasteiger partial charge in [-0.3, -0.25) is 0 Å². The van der Waals surface area contributed by atoms with Gasteiger partial charge in [0.1, 0.15) is 17.1 Å². The Bertz CT molecular complexity index is 630. The summed E-state index contributed by atoms with van der Waals surface area (Å²) in [5.41, 5.74) is 2.17. The van der Waals surface area contributed by atoms with Gasteiger partial charge < -0.3 is 0 Å². The van der Waals surface area contributed by atoms with Crippen LogP contribution >= 0.6 is 11.3 Å². The van der Waals surface area contributed by atoms with Crippen molar-refractivity contribution in [1.82, 2.24) is 14.6 Å². The summed E-state index contributed by atoms with van der Waals surface area (Å²) in [5.74, 6) is -0.979. The van der Waals surface area contributed by atoms with Crippen molar-refractivity contribution in [3.8, 4) is 11.3 Å². The van der Waals surface area contributed by atoms with E-state index in [9.17, 15) is 8.78 Å². The predicted octanol–water partition coefficient (Wildman–Crippen LogP) is 2.74.